The summed E-state index contributed by atoms with van der Waals surface area (Å²) in [5, 5.41) is 12.2. The molecule has 1 amide bonds. The van der Waals surface area contributed by atoms with E-state index in [-0.39, 0.29) is 12.5 Å². The van der Waals surface area contributed by atoms with Crippen molar-refractivity contribution in [1.82, 2.24) is 10.3 Å². The largest absolute Gasteiger partial charge is 0.396 e. The number of hydrogen-bond donors (Lipinski definition) is 2. The molecular weight excluding hydrogens is 240 g/mol. The SMILES string of the molecule is CCC(C)(CCO)NC(=O)c1cnccc1Cl. The van der Waals surface area contributed by atoms with Crippen LogP contribution >= 0.6 is 11.6 Å². The third-order valence-electron chi connectivity index (χ3n) is 2.87. The van der Waals surface area contributed by atoms with Crippen LogP contribution in [0.4, 0.5) is 0 Å². The predicted molar refractivity (Wildman–Crippen MR) is 67.1 cm³/mol. The zero-order valence-electron chi connectivity index (χ0n) is 10.0. The van der Waals surface area contributed by atoms with Gasteiger partial charge in [0.15, 0.2) is 0 Å². The number of nitrogens with one attached hydrogen (secondary N) is 1. The Balaban J connectivity index is 2.82. The first-order valence-corrected chi connectivity index (χ1v) is 5.93. The molecule has 1 unspecified atom stereocenters. The van der Waals surface area contributed by atoms with E-state index in [1.165, 1.54) is 12.4 Å². The van der Waals surface area contributed by atoms with Gasteiger partial charge in [0.2, 0.25) is 0 Å². The van der Waals surface area contributed by atoms with Gasteiger partial charge in [-0.2, -0.15) is 0 Å². The third-order valence-corrected chi connectivity index (χ3v) is 3.20. The van der Waals surface area contributed by atoms with Crippen molar-refractivity contribution in [2.45, 2.75) is 32.2 Å². The van der Waals surface area contributed by atoms with E-state index in [1.54, 1.807) is 6.07 Å². The van der Waals surface area contributed by atoms with Gasteiger partial charge in [-0.05, 0) is 25.8 Å². The molecule has 1 aromatic heterocycles. The highest BCUT2D eigenvalue weighted by molar-refractivity contribution is 6.33. The van der Waals surface area contributed by atoms with E-state index in [9.17, 15) is 4.79 Å². The summed E-state index contributed by atoms with van der Waals surface area (Å²) in [5.41, 5.74) is -0.0721. The standard InChI is InChI=1S/C12H17ClN2O2/c1-3-12(2,5-7-16)15-11(17)9-8-14-6-4-10(9)13/h4,6,8,16H,3,5,7H2,1-2H3,(H,15,17). The molecule has 0 bridgehead atoms. The van der Waals surface area contributed by atoms with Gasteiger partial charge in [0, 0.05) is 24.5 Å². The number of rotatable bonds is 5. The van der Waals surface area contributed by atoms with Gasteiger partial charge in [-0.1, -0.05) is 18.5 Å². The molecule has 0 saturated heterocycles. The average molecular weight is 257 g/mol. The summed E-state index contributed by atoms with van der Waals surface area (Å²) >= 11 is 5.92. The number of amides is 1. The van der Waals surface area contributed by atoms with Crippen molar-refractivity contribution in [2.24, 2.45) is 0 Å². The average Bonchev–Trinajstić information content (AvgIpc) is 2.29. The minimum atomic E-state index is -0.426. The molecule has 4 nitrogen and oxygen atoms in total. The van der Waals surface area contributed by atoms with E-state index in [0.29, 0.717) is 17.0 Å². The number of carbonyl (C=O) groups excluding carboxylic acids is 1. The van der Waals surface area contributed by atoms with Crippen molar-refractivity contribution in [3.63, 3.8) is 0 Å². The summed E-state index contributed by atoms with van der Waals surface area (Å²) in [6.07, 6.45) is 4.21. The van der Waals surface area contributed by atoms with Gasteiger partial charge in [-0.3, -0.25) is 9.78 Å². The lowest BCUT2D eigenvalue weighted by molar-refractivity contribution is 0.0886. The molecule has 0 radical (unpaired) electrons. The Hall–Kier alpha value is -1.13. The van der Waals surface area contributed by atoms with E-state index in [4.69, 9.17) is 16.7 Å². The van der Waals surface area contributed by atoms with Crippen LogP contribution in [0.15, 0.2) is 18.5 Å². The van der Waals surface area contributed by atoms with Gasteiger partial charge >= 0.3 is 0 Å². The minimum Gasteiger partial charge on any atom is -0.396 e. The van der Waals surface area contributed by atoms with Crippen LogP contribution in [0.3, 0.4) is 0 Å². The second-order valence-electron chi connectivity index (χ2n) is 4.20. The molecule has 0 fully saturated rings. The van der Waals surface area contributed by atoms with Crippen LogP contribution in [-0.4, -0.2) is 28.1 Å². The Labute approximate surface area is 106 Å². The van der Waals surface area contributed by atoms with Crippen LogP contribution in [-0.2, 0) is 0 Å². The van der Waals surface area contributed by atoms with E-state index >= 15 is 0 Å². The highest BCUT2D eigenvalue weighted by atomic mass is 35.5. The zero-order chi connectivity index (χ0) is 12.9. The number of aliphatic hydroxyl groups excluding tert-OH is 1. The summed E-state index contributed by atoms with van der Waals surface area (Å²) in [7, 11) is 0. The number of aliphatic hydroxyl groups is 1. The quantitative estimate of drug-likeness (QED) is 0.847. The number of halogens is 1. The maximum absolute atomic E-state index is 12.0. The Morgan fingerprint density at radius 1 is 1.65 bits per heavy atom. The Kier molecular flexibility index (Phi) is 4.90. The Morgan fingerprint density at radius 3 is 2.88 bits per heavy atom. The van der Waals surface area contributed by atoms with Crippen molar-refractivity contribution in [1.29, 1.82) is 0 Å². The van der Waals surface area contributed by atoms with Gasteiger partial charge in [0.25, 0.3) is 5.91 Å². The van der Waals surface area contributed by atoms with Crippen LogP contribution in [0.25, 0.3) is 0 Å². The molecule has 1 atom stereocenters. The third kappa shape index (κ3) is 3.68. The monoisotopic (exact) mass is 256 g/mol. The zero-order valence-corrected chi connectivity index (χ0v) is 10.8. The van der Waals surface area contributed by atoms with Gasteiger partial charge in [0.05, 0.1) is 10.6 Å². The summed E-state index contributed by atoms with van der Waals surface area (Å²) in [6, 6.07) is 1.58. The Morgan fingerprint density at radius 2 is 2.35 bits per heavy atom. The molecule has 0 saturated carbocycles. The van der Waals surface area contributed by atoms with Crippen molar-refractivity contribution >= 4 is 17.5 Å². The van der Waals surface area contributed by atoms with Gasteiger partial charge in [-0.25, -0.2) is 0 Å². The summed E-state index contributed by atoms with van der Waals surface area (Å²) in [6.45, 7) is 3.89. The molecular formula is C12H17ClN2O2. The molecule has 0 aliphatic carbocycles. The lowest BCUT2D eigenvalue weighted by Gasteiger charge is -2.29. The smallest absolute Gasteiger partial charge is 0.254 e. The molecule has 0 aromatic carbocycles. The van der Waals surface area contributed by atoms with E-state index < -0.39 is 5.54 Å². The highest BCUT2D eigenvalue weighted by Crippen LogP contribution is 2.18. The van der Waals surface area contributed by atoms with Gasteiger partial charge in [-0.15, -0.1) is 0 Å². The number of pyridine rings is 1. The van der Waals surface area contributed by atoms with Crippen LogP contribution < -0.4 is 5.32 Å². The molecule has 17 heavy (non-hydrogen) atoms. The number of aromatic nitrogens is 1. The fraction of sp³-hybridized carbons (Fsp3) is 0.500. The fourth-order valence-corrected chi connectivity index (χ4v) is 1.65. The molecule has 1 rings (SSSR count). The van der Waals surface area contributed by atoms with Crippen molar-refractivity contribution in [2.75, 3.05) is 6.61 Å². The molecule has 0 spiro atoms. The summed E-state index contributed by atoms with van der Waals surface area (Å²) < 4.78 is 0. The van der Waals surface area contributed by atoms with Crippen LogP contribution in [0.5, 0.6) is 0 Å². The summed E-state index contributed by atoms with van der Waals surface area (Å²) in [4.78, 5) is 15.9. The summed E-state index contributed by atoms with van der Waals surface area (Å²) in [5.74, 6) is -0.263. The van der Waals surface area contributed by atoms with E-state index in [2.05, 4.69) is 10.3 Å². The van der Waals surface area contributed by atoms with Crippen LogP contribution in [0.2, 0.25) is 5.02 Å². The topological polar surface area (TPSA) is 62.2 Å². The van der Waals surface area contributed by atoms with Crippen LogP contribution in [0, 0.1) is 0 Å². The highest BCUT2D eigenvalue weighted by Gasteiger charge is 2.25. The molecule has 0 aliphatic rings. The molecule has 2 N–H and O–H groups in total. The predicted octanol–water partition coefficient (Wildman–Crippen LogP) is 2.02. The molecule has 1 heterocycles. The first-order chi connectivity index (χ1) is 8.02. The first-order valence-electron chi connectivity index (χ1n) is 5.55. The molecule has 1 aromatic rings. The van der Waals surface area contributed by atoms with Gasteiger partial charge in [0.1, 0.15) is 0 Å². The minimum absolute atomic E-state index is 0.0331. The first kappa shape index (κ1) is 13.9. The molecule has 5 heteroatoms. The van der Waals surface area contributed by atoms with Crippen LogP contribution in [0.1, 0.15) is 37.0 Å². The second kappa shape index (κ2) is 5.98. The van der Waals surface area contributed by atoms with E-state index in [1.807, 2.05) is 13.8 Å². The lowest BCUT2D eigenvalue weighted by atomic mass is 9.94. The van der Waals surface area contributed by atoms with Crippen molar-refractivity contribution in [3.05, 3.63) is 29.0 Å². The number of carbonyl (C=O) groups is 1. The number of nitrogens with zero attached hydrogens (tertiary/aromatic N) is 1. The molecule has 94 valence electrons. The number of hydrogen-bond acceptors (Lipinski definition) is 3. The lowest BCUT2D eigenvalue weighted by Crippen LogP contribution is -2.46. The van der Waals surface area contributed by atoms with E-state index in [0.717, 1.165) is 6.42 Å². The van der Waals surface area contributed by atoms with Gasteiger partial charge < -0.3 is 10.4 Å². The second-order valence-corrected chi connectivity index (χ2v) is 4.60. The van der Waals surface area contributed by atoms with Crippen molar-refractivity contribution < 1.29 is 9.90 Å². The molecule has 0 aliphatic heterocycles. The maximum Gasteiger partial charge on any atom is 0.254 e. The Bertz CT molecular complexity index is 398. The normalized spacial score (nSPS) is 14.1. The van der Waals surface area contributed by atoms with Crippen molar-refractivity contribution in [3.8, 4) is 0 Å². The fourth-order valence-electron chi connectivity index (χ4n) is 1.46. The maximum atomic E-state index is 12.0.